The molecule has 2 aromatic heterocycles. The van der Waals surface area contributed by atoms with E-state index in [0.29, 0.717) is 59.2 Å². The van der Waals surface area contributed by atoms with Gasteiger partial charge in [-0.1, -0.05) is 281 Å². The quantitative estimate of drug-likeness (QED) is 0.129. The van der Waals surface area contributed by atoms with Crippen molar-refractivity contribution in [1.29, 1.82) is 5.26 Å². The van der Waals surface area contributed by atoms with Gasteiger partial charge in [0, 0.05) is 18.9 Å². The highest BCUT2D eigenvalue weighted by Gasteiger charge is 2.13. The molecule has 8 heteroatoms. The van der Waals surface area contributed by atoms with Crippen molar-refractivity contribution in [2.45, 2.75) is 274 Å². The summed E-state index contributed by atoms with van der Waals surface area (Å²) in [5, 5.41) is 19.1. The van der Waals surface area contributed by atoms with Crippen molar-refractivity contribution in [3.05, 3.63) is 354 Å². The molecular weight excluding hydrogens is 1580 g/mol. The van der Waals surface area contributed by atoms with E-state index >= 15 is 0 Å². The molecule has 0 aliphatic heterocycles. The maximum absolute atomic E-state index is 13.1. The minimum atomic E-state index is -0.140. The van der Waals surface area contributed by atoms with Gasteiger partial charge in [-0.25, -0.2) is 8.78 Å². The first kappa shape index (κ1) is 103. The standard InChI is InChI=1S/C14H16.C12H14OS.C12H14S.C11H15F.C11H13N.C11H16.C10H13Br.C10H13Cl.C10H13F.C10H14/c1-10(2)14-9-13-7-5-4-6-12(13)8-11(14)3;1-8(2)10-7-12-9(4-5-14-12)6-11(10)13-3;1-8(2)11-7-10-4-5-13-12(10)6-9(11)3;1-7(2)10-6-11(12)9(4)5-8(10)3;1-8(2)11-5-4-10(7-12)6-9(11)3;1-8(2)11-6-5-9(3)7-10(11)4;2*1-7(2)10-5-4-9(11)6-8(10)3;1-7(2)10-6-9(11)5-4-8(10)3;1-8(2)10-7-5-4-6-9(10)3/h4-10H,1-3H3;4-8H,1-3H3;4-8H,1-3H3;5-7H,1-4H3;4-6,8H,1-3H3;5-8H,1-4H3;3*4-7H,1-3H3;4-8H,1-3H3. The van der Waals surface area contributed by atoms with Crippen LogP contribution in [0.1, 0.15) is 320 Å². The van der Waals surface area contributed by atoms with Crippen molar-refractivity contribution in [3.63, 3.8) is 0 Å². The summed E-state index contributed by atoms with van der Waals surface area (Å²) in [4.78, 5) is 0. The monoisotopic (exact) mass is 1720 g/mol. The molecule has 2 nitrogen and oxygen atoms in total. The van der Waals surface area contributed by atoms with Crippen LogP contribution in [0.3, 0.4) is 0 Å². The maximum atomic E-state index is 13.1. The van der Waals surface area contributed by atoms with Crippen LogP contribution in [0.15, 0.2) is 215 Å². The van der Waals surface area contributed by atoms with Crippen molar-refractivity contribution in [2.24, 2.45) is 0 Å². The van der Waals surface area contributed by atoms with Gasteiger partial charge in [0.15, 0.2) is 0 Å². The second-order valence-electron chi connectivity index (χ2n) is 34.7. The predicted molar refractivity (Wildman–Crippen MR) is 530 cm³/mol. The molecular formula is C111H141BrClF2NOS2. The summed E-state index contributed by atoms with van der Waals surface area (Å²) in [6, 6.07) is 70.7. The molecule has 0 radical (unpaired) electrons. The van der Waals surface area contributed by atoms with Crippen molar-refractivity contribution in [1.82, 2.24) is 0 Å². The molecule has 13 aromatic rings. The summed E-state index contributed by atoms with van der Waals surface area (Å²) < 4.78 is 35.1. The van der Waals surface area contributed by atoms with Gasteiger partial charge >= 0.3 is 0 Å². The van der Waals surface area contributed by atoms with E-state index in [0.717, 1.165) is 33.0 Å². The minimum Gasteiger partial charge on any atom is -0.496 e. The van der Waals surface area contributed by atoms with Gasteiger partial charge in [-0.2, -0.15) is 5.26 Å². The number of thiophene rings is 2. The highest BCUT2D eigenvalue weighted by atomic mass is 79.9. The zero-order chi connectivity index (χ0) is 89.4. The van der Waals surface area contributed by atoms with Gasteiger partial charge in [0.25, 0.3) is 0 Å². The van der Waals surface area contributed by atoms with Crippen LogP contribution in [0.4, 0.5) is 8.78 Å². The molecule has 0 aliphatic carbocycles. The number of ether oxygens (including phenoxy) is 1. The molecule has 119 heavy (non-hydrogen) atoms. The first-order valence-corrected chi connectivity index (χ1v) is 45.5. The molecule has 0 atom stereocenters. The van der Waals surface area contributed by atoms with E-state index in [2.05, 4.69) is 366 Å². The smallest absolute Gasteiger partial charge is 0.126 e. The Labute approximate surface area is 741 Å². The number of nitriles is 1. The first-order valence-electron chi connectivity index (χ1n) is 42.6. The fourth-order valence-corrected chi connectivity index (χ4v) is 17.1. The fraction of sp³-hybridized carbons (Fsp3) is 0.378. The summed E-state index contributed by atoms with van der Waals surface area (Å²) in [7, 11) is 1.74. The van der Waals surface area contributed by atoms with Gasteiger partial charge in [-0.3, -0.25) is 0 Å². The Balaban J connectivity index is 0.000000278. The summed E-state index contributed by atoms with van der Waals surface area (Å²) in [5.74, 6) is 6.39. The first-order chi connectivity index (χ1) is 55.9. The van der Waals surface area contributed by atoms with Crippen molar-refractivity contribution in [2.75, 3.05) is 7.11 Å². The van der Waals surface area contributed by atoms with Crippen LogP contribution in [0.25, 0.3) is 30.9 Å². The number of fused-ring (bicyclic) bond motifs is 3. The lowest BCUT2D eigenvalue weighted by molar-refractivity contribution is 0.408. The Kier molecular flexibility index (Phi) is 43.8. The van der Waals surface area contributed by atoms with Gasteiger partial charge < -0.3 is 4.74 Å². The third kappa shape index (κ3) is 33.5. The number of nitrogens with zero attached hydrogens (tertiary/aromatic N) is 1. The number of hydrogen-bond donors (Lipinski definition) is 0. The molecule has 0 N–H and O–H groups in total. The Hall–Kier alpha value is -8.48. The summed E-state index contributed by atoms with van der Waals surface area (Å²) in [6.07, 6.45) is 0. The normalized spacial score (nSPS) is 10.8. The number of methoxy groups -OCH3 is 1. The van der Waals surface area contributed by atoms with Crippen LogP contribution < -0.4 is 4.74 Å². The van der Waals surface area contributed by atoms with Crippen molar-refractivity contribution < 1.29 is 13.5 Å². The minimum absolute atomic E-state index is 0.0932. The Morgan fingerprint density at radius 2 is 0.689 bits per heavy atom. The molecule has 0 saturated carbocycles. The predicted octanol–water partition coefficient (Wildman–Crippen LogP) is 36.6. The molecule has 0 fully saturated rings. The topological polar surface area (TPSA) is 33.0 Å². The number of benzene rings is 11. The van der Waals surface area contributed by atoms with Crippen molar-refractivity contribution in [3.8, 4) is 11.8 Å². The lowest BCUT2D eigenvalue weighted by Crippen LogP contribution is -1.95. The molecule has 11 aromatic carbocycles. The van der Waals surface area contributed by atoms with Crippen LogP contribution in [0, 0.1) is 99.1 Å². The number of rotatable bonds is 11. The van der Waals surface area contributed by atoms with Crippen LogP contribution in [0.2, 0.25) is 5.02 Å². The summed E-state index contributed by atoms with van der Waals surface area (Å²) in [6.45, 7) is 66.8. The lowest BCUT2D eigenvalue weighted by atomic mass is 9.94. The number of aryl methyl sites for hydroxylation is 11. The van der Waals surface area contributed by atoms with E-state index < -0.39 is 0 Å². The fourth-order valence-electron chi connectivity index (χ4n) is 14.7. The van der Waals surface area contributed by atoms with Gasteiger partial charge in [0.05, 0.1) is 18.7 Å². The molecule has 636 valence electrons. The van der Waals surface area contributed by atoms with Crippen LogP contribution in [-0.4, -0.2) is 7.11 Å². The molecule has 0 unspecified atom stereocenters. The second kappa shape index (κ2) is 50.7. The summed E-state index contributed by atoms with van der Waals surface area (Å²) >= 11 is 12.9. The average molecular weight is 1720 g/mol. The molecule has 0 amide bonds. The zero-order valence-electron chi connectivity index (χ0n) is 78.2. The second-order valence-corrected chi connectivity index (χ2v) is 37.9. The maximum Gasteiger partial charge on any atom is 0.126 e. The van der Waals surface area contributed by atoms with Gasteiger partial charge in [0.2, 0.25) is 0 Å². The Morgan fingerprint density at radius 3 is 1.14 bits per heavy atom. The van der Waals surface area contributed by atoms with Crippen LogP contribution in [-0.2, 0) is 0 Å². The van der Waals surface area contributed by atoms with Crippen LogP contribution in [0.5, 0.6) is 5.75 Å². The van der Waals surface area contributed by atoms with Gasteiger partial charge in [-0.05, 0) is 370 Å². The molecule has 0 bridgehead atoms. The van der Waals surface area contributed by atoms with E-state index in [-0.39, 0.29) is 11.6 Å². The third-order valence-electron chi connectivity index (χ3n) is 21.3. The molecule has 2 heterocycles. The lowest BCUT2D eigenvalue weighted by Gasteiger charge is -2.11. The van der Waals surface area contributed by atoms with Gasteiger partial charge in [-0.15, -0.1) is 22.7 Å². The molecule has 13 rings (SSSR count). The summed E-state index contributed by atoms with van der Waals surface area (Å²) in [5.41, 5.74) is 28.2. The average Bonchev–Trinajstić information content (AvgIpc) is 1.70. The number of halogens is 4. The molecule has 0 aliphatic rings. The SMILES string of the molecule is COc1cc2ccsc2cc1C(C)C.Cc1cc(Br)ccc1C(C)C.Cc1cc(C#N)ccc1C(C)C.Cc1cc(C)c(C(C)C)cc1F.Cc1cc(Cl)ccc1C(C)C.Cc1cc2ccccc2cc1C(C)C.Cc1cc2sccc2cc1C(C)C.Cc1ccc(C(C)C)c(C)c1.Cc1ccc(F)cc1C(C)C.Cc1ccccc1C(C)C. The van der Waals surface area contributed by atoms with E-state index in [4.69, 9.17) is 21.6 Å². The van der Waals surface area contributed by atoms with Crippen molar-refractivity contribution >= 4 is 81.1 Å². The number of hydrogen-bond acceptors (Lipinski definition) is 4. The zero-order valence-corrected chi connectivity index (χ0v) is 82.1. The highest BCUT2D eigenvalue weighted by molar-refractivity contribution is 9.10. The third-order valence-corrected chi connectivity index (χ3v) is 23.8. The van der Waals surface area contributed by atoms with Crippen LogP contribution >= 0.6 is 50.2 Å². The molecule has 0 saturated heterocycles. The van der Waals surface area contributed by atoms with E-state index in [1.807, 2.05) is 67.6 Å². The Morgan fingerprint density at radius 1 is 0.311 bits per heavy atom. The van der Waals surface area contributed by atoms with Gasteiger partial charge in [0.1, 0.15) is 17.4 Å². The van der Waals surface area contributed by atoms with E-state index in [1.165, 1.54) is 142 Å². The highest BCUT2D eigenvalue weighted by Crippen LogP contribution is 2.35. The molecule has 0 spiro atoms. The van der Waals surface area contributed by atoms with E-state index in [1.54, 1.807) is 37.5 Å². The Bertz CT molecular complexity index is 5200. The van der Waals surface area contributed by atoms with E-state index in [9.17, 15) is 8.78 Å². The largest absolute Gasteiger partial charge is 0.496 e.